The van der Waals surface area contributed by atoms with Crippen LogP contribution in [0, 0.1) is 5.82 Å². The molecule has 0 bridgehead atoms. The molecule has 5 nitrogen and oxygen atoms in total. The van der Waals surface area contributed by atoms with Gasteiger partial charge in [-0.3, -0.25) is 9.59 Å². The van der Waals surface area contributed by atoms with Crippen molar-refractivity contribution in [3.8, 4) is 0 Å². The van der Waals surface area contributed by atoms with Crippen molar-refractivity contribution in [3.05, 3.63) is 30.1 Å². The number of halogens is 1. The lowest BCUT2D eigenvalue weighted by molar-refractivity contribution is -0.146. The van der Waals surface area contributed by atoms with Crippen LogP contribution in [0.3, 0.4) is 0 Å². The summed E-state index contributed by atoms with van der Waals surface area (Å²) in [4.78, 5) is 27.6. The van der Waals surface area contributed by atoms with E-state index in [9.17, 15) is 14.0 Å². The number of piperazine rings is 1. The fraction of sp³-hybridized carbons (Fsp3) is 0.529. The van der Waals surface area contributed by atoms with Gasteiger partial charge in [0, 0.05) is 38.4 Å². The molecule has 1 aliphatic rings. The number of carbonyl (C=O) groups excluding carboxylic acids is 2. The molecule has 0 aliphatic carbocycles. The Hall–Kier alpha value is -2.11. The summed E-state index contributed by atoms with van der Waals surface area (Å²) < 4.78 is 12.9. The third kappa shape index (κ3) is 4.94. The normalized spacial score (nSPS) is 14.7. The fourth-order valence-corrected chi connectivity index (χ4v) is 2.62. The van der Waals surface area contributed by atoms with Crippen molar-refractivity contribution in [1.82, 2.24) is 10.2 Å². The molecule has 0 saturated carbocycles. The van der Waals surface area contributed by atoms with Crippen LogP contribution in [0.2, 0.25) is 0 Å². The first kappa shape index (κ1) is 17.2. The SMILES string of the molecule is CCCCCNC(=O)C(=O)N1CCN(c2ccc(F)cc2)CC1. The second kappa shape index (κ2) is 8.50. The van der Waals surface area contributed by atoms with Crippen molar-refractivity contribution >= 4 is 17.5 Å². The van der Waals surface area contributed by atoms with E-state index in [1.54, 1.807) is 17.0 Å². The van der Waals surface area contributed by atoms with Gasteiger partial charge in [-0.25, -0.2) is 4.39 Å². The zero-order valence-electron chi connectivity index (χ0n) is 13.6. The molecule has 1 fully saturated rings. The predicted octanol–water partition coefficient (Wildman–Crippen LogP) is 1.78. The molecule has 0 radical (unpaired) electrons. The molecule has 1 heterocycles. The Morgan fingerprint density at radius 3 is 2.35 bits per heavy atom. The highest BCUT2D eigenvalue weighted by Crippen LogP contribution is 2.16. The van der Waals surface area contributed by atoms with Crippen LogP contribution in [-0.2, 0) is 9.59 Å². The summed E-state index contributed by atoms with van der Waals surface area (Å²) in [5, 5.41) is 2.68. The van der Waals surface area contributed by atoms with E-state index in [2.05, 4.69) is 17.1 Å². The number of benzene rings is 1. The Balaban J connectivity index is 1.78. The first-order valence-corrected chi connectivity index (χ1v) is 8.19. The number of unbranched alkanes of at least 4 members (excludes halogenated alkanes) is 2. The molecule has 2 amide bonds. The Labute approximate surface area is 136 Å². The number of amides is 2. The van der Waals surface area contributed by atoms with Gasteiger partial charge in [0.25, 0.3) is 0 Å². The minimum absolute atomic E-state index is 0.262. The summed E-state index contributed by atoms with van der Waals surface area (Å²) in [7, 11) is 0. The van der Waals surface area contributed by atoms with Crippen molar-refractivity contribution in [2.45, 2.75) is 26.2 Å². The van der Waals surface area contributed by atoms with Crippen molar-refractivity contribution < 1.29 is 14.0 Å². The van der Waals surface area contributed by atoms with Gasteiger partial charge in [-0.2, -0.15) is 0 Å². The van der Waals surface area contributed by atoms with Crippen molar-refractivity contribution in [2.75, 3.05) is 37.6 Å². The lowest BCUT2D eigenvalue weighted by atomic mass is 10.2. The van der Waals surface area contributed by atoms with Crippen LogP contribution >= 0.6 is 0 Å². The number of nitrogens with zero attached hydrogens (tertiary/aromatic N) is 2. The van der Waals surface area contributed by atoms with E-state index in [1.165, 1.54) is 12.1 Å². The van der Waals surface area contributed by atoms with E-state index < -0.39 is 11.8 Å². The molecule has 2 rings (SSSR count). The van der Waals surface area contributed by atoms with Gasteiger partial charge in [-0.05, 0) is 30.7 Å². The predicted molar refractivity (Wildman–Crippen MR) is 87.7 cm³/mol. The van der Waals surface area contributed by atoms with Gasteiger partial charge in [-0.15, -0.1) is 0 Å². The van der Waals surface area contributed by atoms with E-state index in [1.807, 2.05) is 0 Å². The summed E-state index contributed by atoms with van der Waals surface area (Å²) in [5.41, 5.74) is 0.933. The molecule has 1 aromatic rings. The number of rotatable bonds is 5. The molecule has 1 aliphatic heterocycles. The maximum Gasteiger partial charge on any atom is 0.312 e. The fourth-order valence-electron chi connectivity index (χ4n) is 2.62. The maximum absolute atomic E-state index is 12.9. The van der Waals surface area contributed by atoms with Crippen LogP contribution in [0.5, 0.6) is 0 Å². The number of hydrogen-bond acceptors (Lipinski definition) is 3. The topological polar surface area (TPSA) is 52.7 Å². The average molecular weight is 321 g/mol. The summed E-state index contributed by atoms with van der Waals surface area (Å²) in [6.45, 7) is 4.92. The van der Waals surface area contributed by atoms with Gasteiger partial charge in [0.2, 0.25) is 0 Å². The average Bonchev–Trinajstić information content (AvgIpc) is 2.59. The molecule has 23 heavy (non-hydrogen) atoms. The number of hydrogen-bond donors (Lipinski definition) is 1. The van der Waals surface area contributed by atoms with E-state index in [0.29, 0.717) is 32.7 Å². The van der Waals surface area contributed by atoms with E-state index in [-0.39, 0.29) is 5.82 Å². The second-order valence-electron chi connectivity index (χ2n) is 5.72. The molecular weight excluding hydrogens is 297 g/mol. The number of carbonyl (C=O) groups is 2. The minimum atomic E-state index is -0.517. The zero-order chi connectivity index (χ0) is 16.7. The van der Waals surface area contributed by atoms with Crippen LogP contribution < -0.4 is 10.2 Å². The Morgan fingerprint density at radius 2 is 1.74 bits per heavy atom. The Kier molecular flexibility index (Phi) is 6.38. The summed E-state index contributed by atoms with van der Waals surface area (Å²) >= 11 is 0. The summed E-state index contributed by atoms with van der Waals surface area (Å²) in [6.07, 6.45) is 3.02. The minimum Gasteiger partial charge on any atom is -0.368 e. The smallest absolute Gasteiger partial charge is 0.312 e. The van der Waals surface area contributed by atoms with Crippen LogP contribution in [0.1, 0.15) is 26.2 Å². The molecule has 0 spiro atoms. The molecule has 1 N–H and O–H groups in total. The molecule has 1 saturated heterocycles. The van der Waals surface area contributed by atoms with Gasteiger partial charge in [0.1, 0.15) is 5.82 Å². The lowest BCUT2D eigenvalue weighted by Crippen LogP contribution is -2.52. The van der Waals surface area contributed by atoms with E-state index in [0.717, 1.165) is 24.9 Å². The highest BCUT2D eigenvalue weighted by atomic mass is 19.1. The number of nitrogens with one attached hydrogen (secondary N) is 1. The van der Waals surface area contributed by atoms with Crippen molar-refractivity contribution in [1.29, 1.82) is 0 Å². The molecule has 0 unspecified atom stereocenters. The van der Waals surface area contributed by atoms with Crippen LogP contribution in [0.15, 0.2) is 24.3 Å². The van der Waals surface area contributed by atoms with Crippen LogP contribution in [0.25, 0.3) is 0 Å². The quantitative estimate of drug-likeness (QED) is 0.664. The van der Waals surface area contributed by atoms with Gasteiger partial charge >= 0.3 is 11.8 Å². The molecule has 1 aromatic carbocycles. The largest absolute Gasteiger partial charge is 0.368 e. The monoisotopic (exact) mass is 321 g/mol. The molecule has 126 valence electrons. The van der Waals surface area contributed by atoms with Crippen LogP contribution in [-0.4, -0.2) is 49.4 Å². The van der Waals surface area contributed by atoms with E-state index in [4.69, 9.17) is 0 Å². The van der Waals surface area contributed by atoms with Crippen molar-refractivity contribution in [3.63, 3.8) is 0 Å². The Bertz CT molecular complexity index is 525. The number of anilines is 1. The molecular formula is C17H24FN3O2. The third-order valence-corrected chi connectivity index (χ3v) is 4.02. The molecule has 0 atom stereocenters. The zero-order valence-corrected chi connectivity index (χ0v) is 13.6. The highest BCUT2D eigenvalue weighted by molar-refractivity contribution is 6.35. The van der Waals surface area contributed by atoms with Crippen LogP contribution in [0.4, 0.5) is 10.1 Å². The third-order valence-electron chi connectivity index (χ3n) is 4.02. The highest BCUT2D eigenvalue weighted by Gasteiger charge is 2.25. The van der Waals surface area contributed by atoms with Gasteiger partial charge in [0.15, 0.2) is 0 Å². The maximum atomic E-state index is 12.9. The van der Waals surface area contributed by atoms with Gasteiger partial charge < -0.3 is 15.1 Å². The molecule has 0 aromatic heterocycles. The first-order chi connectivity index (χ1) is 11.1. The van der Waals surface area contributed by atoms with Gasteiger partial charge in [0.05, 0.1) is 0 Å². The molecule has 6 heteroatoms. The van der Waals surface area contributed by atoms with Crippen molar-refractivity contribution in [2.24, 2.45) is 0 Å². The standard InChI is InChI=1S/C17H24FN3O2/c1-2-3-4-9-19-16(22)17(23)21-12-10-20(11-13-21)15-7-5-14(18)6-8-15/h5-8H,2-4,9-13H2,1H3,(H,19,22). The summed E-state index contributed by atoms with van der Waals surface area (Å²) in [6, 6.07) is 6.31. The van der Waals surface area contributed by atoms with E-state index >= 15 is 0 Å². The first-order valence-electron chi connectivity index (χ1n) is 8.19. The second-order valence-corrected chi connectivity index (χ2v) is 5.72. The lowest BCUT2D eigenvalue weighted by Gasteiger charge is -2.35. The van der Waals surface area contributed by atoms with Gasteiger partial charge in [-0.1, -0.05) is 19.8 Å². The Morgan fingerprint density at radius 1 is 1.09 bits per heavy atom. The summed E-state index contributed by atoms with van der Waals surface area (Å²) in [5.74, 6) is -1.24.